The maximum atomic E-state index is 13.3. The molecule has 0 saturated carbocycles. The molecule has 2 aromatic carbocycles. The average Bonchev–Trinajstić information content (AvgIpc) is 2.73. The Morgan fingerprint density at radius 3 is 2.55 bits per heavy atom. The predicted molar refractivity (Wildman–Crippen MR) is 120 cm³/mol. The Hall–Kier alpha value is -2.50. The van der Waals surface area contributed by atoms with Crippen molar-refractivity contribution >= 4 is 34.9 Å². The van der Waals surface area contributed by atoms with Crippen molar-refractivity contribution in [1.29, 1.82) is 0 Å². The molecular formula is C24H23Cl2NO4. The van der Waals surface area contributed by atoms with Crippen molar-refractivity contribution in [3.8, 4) is 11.5 Å². The molecule has 31 heavy (non-hydrogen) atoms. The molecule has 1 heterocycles. The molecule has 2 aromatic rings. The number of ketones is 1. The lowest BCUT2D eigenvalue weighted by molar-refractivity contribution is -0.122. The molecular weight excluding hydrogens is 437 g/mol. The number of benzene rings is 2. The lowest BCUT2D eigenvalue weighted by atomic mass is 9.73. The van der Waals surface area contributed by atoms with Crippen LogP contribution in [0.15, 0.2) is 47.7 Å². The summed E-state index contributed by atoms with van der Waals surface area (Å²) in [4.78, 5) is 25.8. The molecule has 0 fully saturated rings. The Balaban J connectivity index is 1.69. The number of ether oxygens (including phenoxy) is 2. The second-order valence-corrected chi connectivity index (χ2v) is 8.58. The molecule has 0 bridgehead atoms. The minimum absolute atomic E-state index is 0.0233. The van der Waals surface area contributed by atoms with E-state index in [4.69, 9.17) is 32.7 Å². The van der Waals surface area contributed by atoms with Crippen molar-refractivity contribution in [1.82, 2.24) is 5.32 Å². The number of methoxy groups -OCH3 is 1. The van der Waals surface area contributed by atoms with Crippen LogP contribution in [0.4, 0.5) is 0 Å². The first-order chi connectivity index (χ1) is 14.9. The maximum Gasteiger partial charge on any atom is 0.225 e. The predicted octanol–water partition coefficient (Wildman–Crippen LogP) is 5.41. The second kappa shape index (κ2) is 8.93. The fourth-order valence-corrected chi connectivity index (χ4v) is 5.00. The van der Waals surface area contributed by atoms with Crippen LogP contribution >= 0.6 is 23.2 Å². The summed E-state index contributed by atoms with van der Waals surface area (Å²) in [7, 11) is 1.59. The zero-order valence-electron chi connectivity index (χ0n) is 17.3. The van der Waals surface area contributed by atoms with Crippen LogP contribution < -0.4 is 14.8 Å². The van der Waals surface area contributed by atoms with E-state index in [1.165, 1.54) is 0 Å². The number of allylic oxidation sites excluding steroid dienone is 2. The molecule has 1 aliphatic heterocycles. The van der Waals surface area contributed by atoms with E-state index in [0.29, 0.717) is 52.3 Å². The van der Waals surface area contributed by atoms with Crippen molar-refractivity contribution < 1.29 is 19.1 Å². The van der Waals surface area contributed by atoms with Crippen LogP contribution in [0.5, 0.6) is 11.5 Å². The van der Waals surface area contributed by atoms with Crippen LogP contribution in [0.25, 0.3) is 0 Å². The molecule has 0 spiro atoms. The number of carbonyl (C=O) groups is 2. The van der Waals surface area contributed by atoms with E-state index in [1.54, 1.807) is 25.3 Å². The van der Waals surface area contributed by atoms with Crippen molar-refractivity contribution in [3.63, 3.8) is 0 Å². The average molecular weight is 460 g/mol. The highest BCUT2D eigenvalue weighted by molar-refractivity contribution is 6.35. The third-order valence-corrected chi connectivity index (χ3v) is 6.40. The Morgan fingerprint density at radius 2 is 1.84 bits per heavy atom. The zero-order chi connectivity index (χ0) is 22.1. The topological polar surface area (TPSA) is 64.6 Å². The number of halogens is 2. The molecule has 0 aromatic heterocycles. The van der Waals surface area contributed by atoms with Crippen LogP contribution in [-0.4, -0.2) is 25.4 Å². The number of amides is 1. The third-order valence-electron chi connectivity index (χ3n) is 5.83. The fourth-order valence-electron chi connectivity index (χ4n) is 4.46. The summed E-state index contributed by atoms with van der Waals surface area (Å²) in [5, 5.41) is 3.91. The maximum absolute atomic E-state index is 13.3. The summed E-state index contributed by atoms with van der Waals surface area (Å²) < 4.78 is 11.1. The molecule has 7 heteroatoms. The fraction of sp³-hybridized carbons (Fsp3) is 0.333. The molecule has 4 rings (SSSR count). The largest absolute Gasteiger partial charge is 0.493 e. The van der Waals surface area contributed by atoms with Crippen molar-refractivity contribution in [2.45, 2.75) is 38.0 Å². The first-order valence-electron chi connectivity index (χ1n) is 10.2. The highest BCUT2D eigenvalue weighted by Gasteiger charge is 2.39. The highest BCUT2D eigenvalue weighted by atomic mass is 35.5. The number of rotatable bonds is 5. The first kappa shape index (κ1) is 21.7. The van der Waals surface area contributed by atoms with E-state index >= 15 is 0 Å². The number of Topliss-reactive ketones (excluding diaryl/α,β-unsaturated/α-hetero) is 1. The lowest BCUT2D eigenvalue weighted by Crippen LogP contribution is -2.38. The van der Waals surface area contributed by atoms with Crippen molar-refractivity contribution in [3.05, 3.63) is 68.8 Å². The third kappa shape index (κ3) is 4.30. The van der Waals surface area contributed by atoms with Crippen LogP contribution in [0, 0.1) is 0 Å². The van der Waals surface area contributed by atoms with Gasteiger partial charge in [-0.2, -0.15) is 0 Å². The van der Waals surface area contributed by atoms with Gasteiger partial charge in [-0.25, -0.2) is 0 Å². The normalized spacial score (nSPS) is 20.9. The van der Waals surface area contributed by atoms with Gasteiger partial charge < -0.3 is 14.8 Å². The molecule has 1 aliphatic carbocycles. The Kier molecular flexibility index (Phi) is 6.26. The van der Waals surface area contributed by atoms with E-state index < -0.39 is 0 Å². The van der Waals surface area contributed by atoms with E-state index in [2.05, 4.69) is 5.32 Å². The van der Waals surface area contributed by atoms with Gasteiger partial charge in [-0.1, -0.05) is 35.3 Å². The Morgan fingerprint density at radius 1 is 1.03 bits per heavy atom. The number of nitrogens with one attached hydrogen (secondary N) is 1. The van der Waals surface area contributed by atoms with Crippen molar-refractivity contribution in [2.24, 2.45) is 0 Å². The Bertz CT molecular complexity index is 1080. The standard InChI is InChI=1S/C24H23Cl2NO4/c1-3-31-21-7-4-13(10-22(21)30-2)14-8-19-24(20(28)9-14)17(12-23(29)27-19)16-6-5-15(25)11-18(16)26/h4-7,10-11,14,17H,3,8-9,12H2,1-2H3,(H,27,29). The van der Waals surface area contributed by atoms with E-state index in [0.717, 1.165) is 11.1 Å². The Labute approximate surface area is 191 Å². The molecule has 1 N–H and O–H groups in total. The molecule has 162 valence electrons. The van der Waals surface area contributed by atoms with Crippen LogP contribution in [0.1, 0.15) is 49.1 Å². The van der Waals surface area contributed by atoms with Crippen LogP contribution in [0.3, 0.4) is 0 Å². The van der Waals surface area contributed by atoms with Gasteiger partial charge in [0.1, 0.15) is 0 Å². The number of hydrogen-bond acceptors (Lipinski definition) is 4. The van der Waals surface area contributed by atoms with E-state index in [9.17, 15) is 9.59 Å². The minimum atomic E-state index is -0.364. The number of hydrogen-bond donors (Lipinski definition) is 1. The SMILES string of the molecule is CCOc1ccc(C2CC(=O)C3=C(C2)NC(=O)CC3c2ccc(Cl)cc2Cl)cc1OC. The lowest BCUT2D eigenvalue weighted by Gasteiger charge is -2.35. The summed E-state index contributed by atoms with van der Waals surface area (Å²) in [6.07, 6.45) is 1.10. The van der Waals surface area contributed by atoms with Crippen molar-refractivity contribution in [2.75, 3.05) is 13.7 Å². The monoisotopic (exact) mass is 459 g/mol. The summed E-state index contributed by atoms with van der Waals surface area (Å²) in [5.74, 6) is 0.777. The van der Waals surface area contributed by atoms with Gasteiger partial charge in [0, 0.05) is 40.1 Å². The van der Waals surface area contributed by atoms with Gasteiger partial charge in [0.2, 0.25) is 5.91 Å². The molecule has 5 nitrogen and oxygen atoms in total. The summed E-state index contributed by atoms with van der Waals surface area (Å²) in [6.45, 7) is 2.45. The molecule has 2 atom stereocenters. The molecule has 0 saturated heterocycles. The summed E-state index contributed by atoms with van der Waals surface area (Å²) >= 11 is 12.4. The van der Waals surface area contributed by atoms with Gasteiger partial charge in [-0.05, 0) is 54.7 Å². The van der Waals surface area contributed by atoms with Gasteiger partial charge in [0.25, 0.3) is 0 Å². The zero-order valence-corrected chi connectivity index (χ0v) is 18.8. The number of carbonyl (C=O) groups excluding carboxylic acids is 2. The van der Waals surface area contributed by atoms with Gasteiger partial charge in [0.05, 0.1) is 13.7 Å². The molecule has 2 unspecified atom stereocenters. The van der Waals surface area contributed by atoms with Gasteiger partial charge in [-0.3, -0.25) is 9.59 Å². The van der Waals surface area contributed by atoms with Crippen LogP contribution in [-0.2, 0) is 9.59 Å². The quantitative estimate of drug-likeness (QED) is 0.649. The second-order valence-electron chi connectivity index (χ2n) is 7.73. The van der Waals surface area contributed by atoms with Gasteiger partial charge >= 0.3 is 0 Å². The molecule has 0 radical (unpaired) electrons. The van der Waals surface area contributed by atoms with Crippen LogP contribution in [0.2, 0.25) is 10.0 Å². The van der Waals surface area contributed by atoms with Gasteiger partial charge in [0.15, 0.2) is 17.3 Å². The first-order valence-corrected chi connectivity index (χ1v) is 11.0. The van der Waals surface area contributed by atoms with E-state index in [1.807, 2.05) is 25.1 Å². The minimum Gasteiger partial charge on any atom is -0.493 e. The smallest absolute Gasteiger partial charge is 0.225 e. The summed E-state index contributed by atoms with van der Waals surface area (Å²) in [5.41, 5.74) is 3.06. The molecule has 1 amide bonds. The molecule has 2 aliphatic rings. The summed E-state index contributed by atoms with van der Waals surface area (Å²) in [6, 6.07) is 10.9. The van der Waals surface area contributed by atoms with Gasteiger partial charge in [-0.15, -0.1) is 0 Å². The highest BCUT2D eigenvalue weighted by Crippen LogP contribution is 2.45. The van der Waals surface area contributed by atoms with E-state index in [-0.39, 0.29) is 29.9 Å².